The van der Waals surface area contributed by atoms with E-state index in [4.69, 9.17) is 0 Å². The quantitative estimate of drug-likeness (QED) is 0.831. The molecule has 4 heteroatoms. The molecule has 2 aromatic rings. The van der Waals surface area contributed by atoms with Crippen molar-refractivity contribution in [1.82, 2.24) is 19.8 Å². The van der Waals surface area contributed by atoms with Gasteiger partial charge in [-0.3, -0.25) is 0 Å². The number of para-hydroxylation sites is 1. The summed E-state index contributed by atoms with van der Waals surface area (Å²) in [4.78, 5) is 13.7. The van der Waals surface area contributed by atoms with Gasteiger partial charge in [0.1, 0.15) is 6.33 Å². The van der Waals surface area contributed by atoms with Gasteiger partial charge >= 0.3 is 0 Å². The number of benzene rings is 1. The van der Waals surface area contributed by atoms with Gasteiger partial charge in [0.15, 0.2) is 0 Å². The van der Waals surface area contributed by atoms with Gasteiger partial charge in [0.25, 0.3) is 0 Å². The highest BCUT2D eigenvalue weighted by atomic mass is 15.2. The lowest BCUT2D eigenvalue weighted by Crippen LogP contribution is -2.45. The maximum Gasteiger partial charge on any atom is 0.116 e. The van der Waals surface area contributed by atoms with Gasteiger partial charge in [0.05, 0.1) is 11.2 Å². The zero-order chi connectivity index (χ0) is 13.1. The minimum Gasteiger partial charge on any atom is -0.304 e. The summed E-state index contributed by atoms with van der Waals surface area (Å²) in [6.45, 7) is 5.77. The first-order chi connectivity index (χ1) is 9.33. The first-order valence-electron chi connectivity index (χ1n) is 6.92. The standard InChI is InChI=1S/C15H20N4/c1-18-8-10-19(11-9-18)7-6-15-13-4-2-3-5-14(13)16-12-17-15/h2-5,12H,6-11H2,1H3. The Hall–Kier alpha value is -1.52. The van der Waals surface area contributed by atoms with Crippen LogP contribution in [0.1, 0.15) is 5.69 Å². The number of rotatable bonds is 3. The van der Waals surface area contributed by atoms with Crippen LogP contribution in [0.2, 0.25) is 0 Å². The summed E-state index contributed by atoms with van der Waals surface area (Å²) in [6.07, 6.45) is 2.69. The van der Waals surface area contributed by atoms with Crippen molar-refractivity contribution in [1.29, 1.82) is 0 Å². The Morgan fingerprint density at radius 1 is 1.05 bits per heavy atom. The molecule has 1 aromatic carbocycles. The van der Waals surface area contributed by atoms with Crippen LogP contribution in [-0.2, 0) is 6.42 Å². The highest BCUT2D eigenvalue weighted by Gasteiger charge is 2.14. The van der Waals surface area contributed by atoms with Gasteiger partial charge in [-0.2, -0.15) is 0 Å². The summed E-state index contributed by atoms with van der Waals surface area (Å²) in [7, 11) is 2.19. The molecule has 100 valence electrons. The van der Waals surface area contributed by atoms with E-state index < -0.39 is 0 Å². The second kappa shape index (κ2) is 5.63. The van der Waals surface area contributed by atoms with Gasteiger partial charge in [-0.1, -0.05) is 18.2 Å². The van der Waals surface area contributed by atoms with Crippen LogP contribution in [0.15, 0.2) is 30.6 Å². The number of hydrogen-bond donors (Lipinski definition) is 0. The molecule has 1 fully saturated rings. The summed E-state index contributed by atoms with van der Waals surface area (Å²) in [6, 6.07) is 8.26. The molecule has 1 aromatic heterocycles. The van der Waals surface area contributed by atoms with E-state index >= 15 is 0 Å². The number of fused-ring (bicyclic) bond motifs is 1. The molecule has 3 rings (SSSR count). The van der Waals surface area contributed by atoms with E-state index in [1.807, 2.05) is 6.07 Å². The van der Waals surface area contributed by atoms with Crippen LogP contribution >= 0.6 is 0 Å². The van der Waals surface area contributed by atoms with Crippen LogP contribution in [-0.4, -0.2) is 59.5 Å². The summed E-state index contributed by atoms with van der Waals surface area (Å²) < 4.78 is 0. The van der Waals surface area contributed by atoms with E-state index in [0.29, 0.717) is 0 Å². The van der Waals surface area contributed by atoms with Crippen molar-refractivity contribution >= 4 is 10.9 Å². The van der Waals surface area contributed by atoms with Gasteiger partial charge < -0.3 is 9.80 Å². The molecule has 1 aliphatic heterocycles. The largest absolute Gasteiger partial charge is 0.304 e. The smallest absolute Gasteiger partial charge is 0.116 e. The van der Waals surface area contributed by atoms with Gasteiger partial charge in [0.2, 0.25) is 0 Å². The molecule has 1 aliphatic rings. The molecule has 0 N–H and O–H groups in total. The Balaban J connectivity index is 1.68. The molecule has 0 saturated carbocycles. The second-order valence-corrected chi connectivity index (χ2v) is 5.23. The monoisotopic (exact) mass is 256 g/mol. The molecular weight excluding hydrogens is 236 g/mol. The average Bonchev–Trinajstić information content (AvgIpc) is 2.47. The van der Waals surface area contributed by atoms with Crippen molar-refractivity contribution in [2.75, 3.05) is 39.8 Å². The highest BCUT2D eigenvalue weighted by Crippen LogP contribution is 2.14. The fraction of sp³-hybridized carbons (Fsp3) is 0.467. The van der Waals surface area contributed by atoms with E-state index in [-0.39, 0.29) is 0 Å². The number of hydrogen-bond acceptors (Lipinski definition) is 4. The lowest BCUT2D eigenvalue weighted by atomic mass is 10.1. The summed E-state index contributed by atoms with van der Waals surface area (Å²) in [5, 5.41) is 1.19. The first-order valence-corrected chi connectivity index (χ1v) is 6.92. The van der Waals surface area contributed by atoms with Crippen molar-refractivity contribution in [2.45, 2.75) is 6.42 Å². The summed E-state index contributed by atoms with van der Waals surface area (Å²) in [5.41, 5.74) is 2.22. The number of nitrogens with zero attached hydrogens (tertiary/aromatic N) is 4. The fourth-order valence-electron chi connectivity index (χ4n) is 2.60. The SMILES string of the molecule is CN1CCN(CCc2ncnc3ccccc23)CC1. The third kappa shape index (κ3) is 2.91. The molecule has 0 spiro atoms. The second-order valence-electron chi connectivity index (χ2n) is 5.23. The fourth-order valence-corrected chi connectivity index (χ4v) is 2.60. The van der Waals surface area contributed by atoms with E-state index in [9.17, 15) is 0 Å². The van der Waals surface area contributed by atoms with E-state index in [2.05, 4.69) is 45.0 Å². The summed E-state index contributed by atoms with van der Waals surface area (Å²) >= 11 is 0. The van der Waals surface area contributed by atoms with Crippen LogP contribution in [0, 0.1) is 0 Å². The third-order valence-corrected chi connectivity index (χ3v) is 3.89. The van der Waals surface area contributed by atoms with Crippen molar-refractivity contribution in [3.8, 4) is 0 Å². The molecule has 0 amide bonds. The predicted molar refractivity (Wildman–Crippen MR) is 77.2 cm³/mol. The number of piperazine rings is 1. The molecular formula is C15H20N4. The zero-order valence-electron chi connectivity index (χ0n) is 11.4. The van der Waals surface area contributed by atoms with Crippen LogP contribution in [0.5, 0.6) is 0 Å². The lowest BCUT2D eigenvalue weighted by Gasteiger charge is -2.32. The highest BCUT2D eigenvalue weighted by molar-refractivity contribution is 5.80. The summed E-state index contributed by atoms with van der Waals surface area (Å²) in [5.74, 6) is 0. The van der Waals surface area contributed by atoms with Crippen molar-refractivity contribution < 1.29 is 0 Å². The van der Waals surface area contributed by atoms with Gasteiger partial charge in [-0.15, -0.1) is 0 Å². The maximum atomic E-state index is 4.46. The van der Waals surface area contributed by atoms with E-state index in [1.54, 1.807) is 6.33 Å². The Morgan fingerprint density at radius 3 is 2.68 bits per heavy atom. The zero-order valence-corrected chi connectivity index (χ0v) is 11.4. The Kier molecular flexibility index (Phi) is 3.71. The minimum atomic E-state index is 1.01. The topological polar surface area (TPSA) is 32.3 Å². The van der Waals surface area contributed by atoms with Gasteiger partial charge in [-0.25, -0.2) is 9.97 Å². The van der Waals surface area contributed by atoms with E-state index in [1.165, 1.54) is 37.3 Å². The molecule has 4 nitrogen and oxygen atoms in total. The Labute approximate surface area is 114 Å². The van der Waals surface area contributed by atoms with Gasteiger partial charge in [-0.05, 0) is 13.1 Å². The van der Waals surface area contributed by atoms with Crippen molar-refractivity contribution in [3.05, 3.63) is 36.3 Å². The van der Waals surface area contributed by atoms with Crippen LogP contribution in [0.3, 0.4) is 0 Å². The molecule has 0 radical (unpaired) electrons. The number of likely N-dealkylation sites (N-methyl/N-ethyl adjacent to an activating group) is 1. The lowest BCUT2D eigenvalue weighted by molar-refractivity contribution is 0.155. The normalized spacial score (nSPS) is 17.9. The molecule has 19 heavy (non-hydrogen) atoms. The molecule has 0 unspecified atom stereocenters. The van der Waals surface area contributed by atoms with Crippen LogP contribution in [0.25, 0.3) is 10.9 Å². The minimum absolute atomic E-state index is 1.01. The molecule has 0 aliphatic carbocycles. The first kappa shape index (κ1) is 12.5. The van der Waals surface area contributed by atoms with Crippen LogP contribution in [0.4, 0.5) is 0 Å². The molecule has 0 atom stereocenters. The maximum absolute atomic E-state index is 4.46. The predicted octanol–water partition coefficient (Wildman–Crippen LogP) is 1.42. The Bertz CT molecular complexity index is 541. The number of aromatic nitrogens is 2. The average molecular weight is 256 g/mol. The van der Waals surface area contributed by atoms with Crippen molar-refractivity contribution in [3.63, 3.8) is 0 Å². The third-order valence-electron chi connectivity index (χ3n) is 3.89. The van der Waals surface area contributed by atoms with Crippen molar-refractivity contribution in [2.24, 2.45) is 0 Å². The Morgan fingerprint density at radius 2 is 1.84 bits per heavy atom. The molecule has 2 heterocycles. The van der Waals surface area contributed by atoms with E-state index in [0.717, 1.165) is 18.5 Å². The molecule has 0 bridgehead atoms. The van der Waals surface area contributed by atoms with Gasteiger partial charge in [0, 0.05) is 44.5 Å². The van der Waals surface area contributed by atoms with Crippen LogP contribution < -0.4 is 0 Å². The molecule has 1 saturated heterocycles.